The first-order valence-electron chi connectivity index (χ1n) is 11.0. The highest BCUT2D eigenvalue weighted by atomic mass is 19.4. The summed E-state index contributed by atoms with van der Waals surface area (Å²) in [5, 5.41) is 0. The lowest BCUT2D eigenvalue weighted by atomic mass is 10.0. The summed E-state index contributed by atoms with van der Waals surface area (Å²) in [6, 6.07) is 6.64. The van der Waals surface area contributed by atoms with Gasteiger partial charge in [-0.25, -0.2) is 18.2 Å². The van der Waals surface area contributed by atoms with Crippen molar-refractivity contribution >= 4 is 5.91 Å². The lowest BCUT2D eigenvalue weighted by molar-refractivity contribution is -0.148. The van der Waals surface area contributed by atoms with Gasteiger partial charge in [0, 0.05) is 37.2 Å². The minimum Gasteiger partial charge on any atom is -0.496 e. The largest absolute Gasteiger partial charge is 0.496 e. The van der Waals surface area contributed by atoms with Gasteiger partial charge in [0.1, 0.15) is 11.6 Å². The summed E-state index contributed by atoms with van der Waals surface area (Å²) in [5.74, 6) is -4.78. The number of methoxy groups -OCH3 is 1. The number of fused-ring (bicyclic) bond motifs is 1. The number of hydrogen-bond donors (Lipinski definition) is 1. The second-order valence-corrected chi connectivity index (χ2v) is 8.42. The van der Waals surface area contributed by atoms with Crippen LogP contribution in [0, 0.1) is 17.5 Å². The van der Waals surface area contributed by atoms with Crippen molar-refractivity contribution in [2.75, 3.05) is 13.7 Å². The maximum atomic E-state index is 13.9. The van der Waals surface area contributed by atoms with Gasteiger partial charge < -0.3 is 19.9 Å². The van der Waals surface area contributed by atoms with Crippen molar-refractivity contribution in [1.29, 1.82) is 0 Å². The summed E-state index contributed by atoms with van der Waals surface area (Å²) in [5.41, 5.74) is 6.37. The highest BCUT2D eigenvalue weighted by Gasteiger charge is 2.41. The molecule has 0 radical (unpaired) electrons. The van der Waals surface area contributed by atoms with E-state index in [1.54, 1.807) is 24.3 Å². The number of hydrogen-bond acceptors (Lipinski definition) is 4. The van der Waals surface area contributed by atoms with Gasteiger partial charge in [-0.3, -0.25) is 4.79 Å². The number of alkyl halides is 3. The molecule has 0 aliphatic carbocycles. The number of halogens is 6. The van der Waals surface area contributed by atoms with E-state index in [1.165, 1.54) is 12.0 Å². The molecular weight excluding hydrogens is 490 g/mol. The zero-order valence-electron chi connectivity index (χ0n) is 19.1. The van der Waals surface area contributed by atoms with Crippen LogP contribution in [0.3, 0.4) is 0 Å². The Labute approximate surface area is 202 Å². The fraction of sp³-hybridized carbons (Fsp3) is 0.333. The molecule has 6 nitrogen and oxygen atoms in total. The number of para-hydroxylation sites is 1. The average molecular weight is 512 g/mol. The first kappa shape index (κ1) is 25.5. The van der Waals surface area contributed by atoms with E-state index < -0.39 is 41.4 Å². The summed E-state index contributed by atoms with van der Waals surface area (Å²) in [7, 11) is 1.39. The van der Waals surface area contributed by atoms with Gasteiger partial charge in [-0.05, 0) is 30.2 Å². The van der Waals surface area contributed by atoms with Crippen LogP contribution in [-0.2, 0) is 30.5 Å². The van der Waals surface area contributed by atoms with Crippen LogP contribution in [-0.4, -0.2) is 40.1 Å². The van der Waals surface area contributed by atoms with Crippen LogP contribution >= 0.6 is 0 Å². The van der Waals surface area contributed by atoms with E-state index in [4.69, 9.17) is 10.5 Å². The number of nitrogens with two attached hydrogens (primary N) is 1. The molecule has 36 heavy (non-hydrogen) atoms. The summed E-state index contributed by atoms with van der Waals surface area (Å²) >= 11 is 0. The van der Waals surface area contributed by atoms with Crippen LogP contribution in [0.15, 0.2) is 36.4 Å². The van der Waals surface area contributed by atoms with Crippen molar-refractivity contribution in [1.82, 2.24) is 14.5 Å². The number of nitrogens with zero attached hydrogens (tertiary/aromatic N) is 3. The predicted molar refractivity (Wildman–Crippen MR) is 117 cm³/mol. The Morgan fingerprint density at radius 1 is 1.11 bits per heavy atom. The normalized spacial score (nSPS) is 14.5. The van der Waals surface area contributed by atoms with Gasteiger partial charge in [0.25, 0.3) is 0 Å². The second-order valence-electron chi connectivity index (χ2n) is 8.42. The molecule has 0 saturated carbocycles. The SMILES string of the molecule is COc1ccccc1-c1nc(C(F)(F)F)n2c1CN(C(=O)CC(N)Cc1cc(F)c(F)cc1F)CC2. The molecule has 1 aliphatic heterocycles. The topological polar surface area (TPSA) is 73.4 Å². The minimum absolute atomic E-state index is 0.0249. The molecule has 0 fully saturated rings. The molecule has 1 amide bonds. The molecule has 192 valence electrons. The van der Waals surface area contributed by atoms with Gasteiger partial charge in [-0.15, -0.1) is 0 Å². The van der Waals surface area contributed by atoms with Crippen LogP contribution in [0.2, 0.25) is 0 Å². The lowest BCUT2D eigenvalue weighted by Gasteiger charge is -2.30. The third-order valence-electron chi connectivity index (χ3n) is 5.98. The van der Waals surface area contributed by atoms with Crippen molar-refractivity contribution in [3.05, 3.63) is 70.9 Å². The third-order valence-corrected chi connectivity index (χ3v) is 5.98. The fourth-order valence-corrected chi connectivity index (χ4v) is 4.28. The summed E-state index contributed by atoms with van der Waals surface area (Å²) < 4.78 is 88.0. The molecular formula is C24H22F6N4O2. The first-order chi connectivity index (χ1) is 17.0. The van der Waals surface area contributed by atoms with Crippen LogP contribution in [0.25, 0.3) is 11.3 Å². The van der Waals surface area contributed by atoms with Crippen molar-refractivity contribution < 1.29 is 35.9 Å². The van der Waals surface area contributed by atoms with Gasteiger partial charge in [-0.1, -0.05) is 12.1 Å². The van der Waals surface area contributed by atoms with Crippen molar-refractivity contribution in [3.8, 4) is 17.0 Å². The summed E-state index contributed by atoms with van der Waals surface area (Å²) in [4.78, 5) is 18.1. The fourth-order valence-electron chi connectivity index (χ4n) is 4.28. The van der Waals surface area contributed by atoms with Crippen molar-refractivity contribution in [3.63, 3.8) is 0 Å². The minimum atomic E-state index is -4.71. The van der Waals surface area contributed by atoms with E-state index in [0.29, 0.717) is 23.4 Å². The number of ether oxygens (including phenoxy) is 1. The Morgan fingerprint density at radius 2 is 1.81 bits per heavy atom. The molecule has 1 aromatic heterocycles. The van der Waals surface area contributed by atoms with Gasteiger partial charge in [0.2, 0.25) is 11.7 Å². The molecule has 2 aromatic carbocycles. The summed E-state index contributed by atoms with van der Waals surface area (Å²) in [6.07, 6.45) is -5.22. The summed E-state index contributed by atoms with van der Waals surface area (Å²) in [6.45, 7) is -0.338. The molecule has 1 atom stereocenters. The lowest BCUT2D eigenvalue weighted by Crippen LogP contribution is -2.42. The van der Waals surface area contributed by atoms with E-state index in [9.17, 15) is 31.1 Å². The Hall–Kier alpha value is -3.54. The molecule has 12 heteroatoms. The maximum Gasteiger partial charge on any atom is 0.449 e. The number of benzene rings is 2. The average Bonchev–Trinajstić information content (AvgIpc) is 3.21. The standard InChI is InChI=1S/C24H22F6N4O2/c1-36-20-5-3-2-4-15(20)22-19-12-33(6-7-34(19)23(32-22)24(28,29)30)21(35)10-14(31)8-13-9-17(26)18(27)11-16(13)25/h2-5,9,11,14H,6-8,10,12,31H2,1H3. The van der Waals surface area contributed by atoms with E-state index in [-0.39, 0.29) is 49.4 Å². The van der Waals surface area contributed by atoms with Crippen LogP contribution < -0.4 is 10.5 Å². The van der Waals surface area contributed by atoms with E-state index in [1.807, 2.05) is 0 Å². The van der Waals surface area contributed by atoms with Crippen LogP contribution in [0.1, 0.15) is 23.5 Å². The van der Waals surface area contributed by atoms with Gasteiger partial charge in [0.05, 0.1) is 25.0 Å². The highest BCUT2D eigenvalue weighted by Crippen LogP contribution is 2.38. The molecule has 0 bridgehead atoms. The Morgan fingerprint density at radius 3 is 2.50 bits per heavy atom. The number of carbonyl (C=O) groups is 1. The molecule has 2 heterocycles. The first-order valence-corrected chi connectivity index (χ1v) is 11.0. The van der Waals surface area contributed by atoms with Gasteiger partial charge in [0.15, 0.2) is 11.6 Å². The number of rotatable bonds is 6. The number of carbonyl (C=O) groups excluding carboxylic acids is 1. The van der Waals surface area contributed by atoms with Gasteiger partial charge >= 0.3 is 6.18 Å². The molecule has 4 rings (SSSR count). The van der Waals surface area contributed by atoms with E-state index >= 15 is 0 Å². The van der Waals surface area contributed by atoms with Crippen LogP contribution in [0.4, 0.5) is 26.3 Å². The molecule has 3 aromatic rings. The monoisotopic (exact) mass is 512 g/mol. The second kappa shape index (κ2) is 9.84. The molecule has 1 aliphatic rings. The van der Waals surface area contributed by atoms with Gasteiger partial charge in [-0.2, -0.15) is 13.2 Å². The Bertz CT molecular complexity index is 1290. The maximum absolute atomic E-state index is 13.9. The number of amides is 1. The number of imidazole rings is 1. The predicted octanol–water partition coefficient (Wildman–Crippen LogP) is 4.30. The van der Waals surface area contributed by atoms with E-state index in [2.05, 4.69) is 4.98 Å². The van der Waals surface area contributed by atoms with Crippen molar-refractivity contribution in [2.24, 2.45) is 5.73 Å². The Balaban J connectivity index is 1.57. The Kier molecular flexibility index (Phi) is 6.98. The van der Waals surface area contributed by atoms with Crippen LogP contribution in [0.5, 0.6) is 5.75 Å². The quantitative estimate of drug-likeness (QED) is 0.395. The molecule has 2 N–H and O–H groups in total. The molecule has 1 unspecified atom stereocenters. The molecule has 0 saturated heterocycles. The smallest absolute Gasteiger partial charge is 0.449 e. The number of aromatic nitrogens is 2. The third kappa shape index (κ3) is 5.03. The molecule has 0 spiro atoms. The zero-order valence-corrected chi connectivity index (χ0v) is 19.1. The van der Waals surface area contributed by atoms with Crippen molar-refractivity contribution in [2.45, 2.75) is 38.1 Å². The zero-order chi connectivity index (χ0) is 26.2. The highest BCUT2D eigenvalue weighted by molar-refractivity contribution is 5.78. The van der Waals surface area contributed by atoms with E-state index in [0.717, 1.165) is 4.57 Å².